The third-order valence-corrected chi connectivity index (χ3v) is 7.97. The summed E-state index contributed by atoms with van der Waals surface area (Å²) >= 11 is 0. The minimum Gasteiger partial charge on any atom is -0.810 e. The molecule has 0 heterocycles. The average molecular weight is 641 g/mol. The SMILES string of the molecule is COc1cc(-c2cc(OC)c(-c3ccccc3S(=O)(=O)O)c(C(C)(C)C)c2OP(O)O)c(OP([O-])[O-])c(C(C)(C)C)c1. The van der Waals surface area contributed by atoms with E-state index < -0.39 is 43.0 Å². The third kappa shape index (κ3) is 7.33. The predicted molar refractivity (Wildman–Crippen MR) is 157 cm³/mol. The Hall–Kier alpha value is -2.53. The molecule has 0 saturated heterocycles. The first kappa shape index (κ1) is 34.0. The molecular formula is C28H34O11P2S-2. The fourth-order valence-corrected chi connectivity index (χ4v) is 6.11. The van der Waals surface area contributed by atoms with Crippen LogP contribution in [-0.4, -0.2) is 37.0 Å². The van der Waals surface area contributed by atoms with Crippen LogP contribution in [0, 0.1) is 0 Å². The summed E-state index contributed by atoms with van der Waals surface area (Å²) < 4.78 is 57.2. The molecule has 0 amide bonds. The average Bonchev–Trinajstić information content (AvgIpc) is 2.86. The number of rotatable bonds is 9. The van der Waals surface area contributed by atoms with Gasteiger partial charge in [0.25, 0.3) is 10.1 Å². The van der Waals surface area contributed by atoms with E-state index in [1.165, 1.54) is 44.6 Å². The summed E-state index contributed by atoms with van der Waals surface area (Å²) in [4.78, 5) is 43.7. The summed E-state index contributed by atoms with van der Waals surface area (Å²) in [7, 11) is -8.35. The molecule has 14 heteroatoms. The van der Waals surface area contributed by atoms with Gasteiger partial charge in [0, 0.05) is 33.4 Å². The van der Waals surface area contributed by atoms with E-state index in [0.717, 1.165) is 0 Å². The standard InChI is InChI=1S/C28H34O11P2S/c1-27(2,3)20-14-16(36-7)13-18(25(20)38-40(29)30)19-15-21(37-8)23(17-11-9-10-12-22(17)42(33,34)35)24(28(4,5)6)26(19)39-41(31)32/h9-15,31-32H,1-8H3,(H,33,34,35)/q-2. The van der Waals surface area contributed by atoms with Gasteiger partial charge in [-0.15, -0.1) is 0 Å². The monoisotopic (exact) mass is 640 g/mol. The lowest BCUT2D eigenvalue weighted by Crippen LogP contribution is -2.19. The van der Waals surface area contributed by atoms with Gasteiger partial charge in [-0.05, 0) is 35.1 Å². The Morgan fingerprint density at radius 3 is 1.86 bits per heavy atom. The van der Waals surface area contributed by atoms with E-state index in [-0.39, 0.29) is 45.1 Å². The van der Waals surface area contributed by atoms with Crippen molar-refractivity contribution in [2.45, 2.75) is 57.3 Å². The zero-order valence-corrected chi connectivity index (χ0v) is 27.1. The molecule has 3 N–H and O–H groups in total. The first-order valence-electron chi connectivity index (χ1n) is 12.5. The second-order valence-electron chi connectivity index (χ2n) is 11.4. The van der Waals surface area contributed by atoms with E-state index >= 15 is 0 Å². The fraction of sp³-hybridized carbons (Fsp3) is 0.357. The van der Waals surface area contributed by atoms with Gasteiger partial charge < -0.3 is 38.1 Å². The van der Waals surface area contributed by atoms with Crippen LogP contribution >= 0.6 is 17.2 Å². The molecule has 42 heavy (non-hydrogen) atoms. The number of ether oxygens (including phenoxy) is 2. The second-order valence-corrected chi connectivity index (χ2v) is 14.1. The van der Waals surface area contributed by atoms with Crippen LogP contribution in [-0.2, 0) is 20.9 Å². The summed E-state index contributed by atoms with van der Waals surface area (Å²) in [5.74, 6) is 0.328. The van der Waals surface area contributed by atoms with E-state index in [1.54, 1.807) is 32.9 Å². The molecule has 0 spiro atoms. The summed E-state index contributed by atoms with van der Waals surface area (Å²) in [5, 5.41) is 0. The normalized spacial score (nSPS) is 12.5. The summed E-state index contributed by atoms with van der Waals surface area (Å²) in [5.41, 5.74) is -0.196. The van der Waals surface area contributed by atoms with E-state index in [2.05, 4.69) is 0 Å². The molecule has 0 aromatic heterocycles. The molecular weight excluding hydrogens is 606 g/mol. The van der Waals surface area contributed by atoms with Gasteiger partial charge in [-0.2, -0.15) is 8.42 Å². The first-order chi connectivity index (χ1) is 19.3. The molecule has 0 aliphatic heterocycles. The van der Waals surface area contributed by atoms with Crippen molar-refractivity contribution in [1.29, 1.82) is 0 Å². The molecule has 230 valence electrons. The van der Waals surface area contributed by atoms with Gasteiger partial charge in [0.05, 0.1) is 14.2 Å². The van der Waals surface area contributed by atoms with Crippen LogP contribution in [0.2, 0.25) is 0 Å². The maximum absolute atomic E-state index is 12.4. The van der Waals surface area contributed by atoms with Crippen molar-refractivity contribution in [2.75, 3.05) is 14.2 Å². The molecule has 0 aliphatic carbocycles. The summed E-state index contributed by atoms with van der Waals surface area (Å²) in [6.07, 6.45) is 0. The molecule has 0 saturated carbocycles. The maximum Gasteiger partial charge on any atom is 0.391 e. The van der Waals surface area contributed by atoms with Crippen LogP contribution in [0.1, 0.15) is 52.7 Å². The highest BCUT2D eigenvalue weighted by atomic mass is 32.2. The smallest absolute Gasteiger partial charge is 0.391 e. The molecule has 3 aromatic rings. The van der Waals surface area contributed by atoms with Gasteiger partial charge >= 0.3 is 8.60 Å². The van der Waals surface area contributed by atoms with Gasteiger partial charge in [0.15, 0.2) is 0 Å². The zero-order valence-electron chi connectivity index (χ0n) is 24.5. The number of benzene rings is 3. The Morgan fingerprint density at radius 2 is 1.38 bits per heavy atom. The van der Waals surface area contributed by atoms with Crippen LogP contribution < -0.4 is 28.3 Å². The Bertz CT molecular complexity index is 1560. The van der Waals surface area contributed by atoms with Crippen molar-refractivity contribution >= 4 is 27.3 Å². The molecule has 0 atom stereocenters. The Kier molecular flexibility index (Phi) is 10.2. The van der Waals surface area contributed by atoms with Crippen molar-refractivity contribution in [2.24, 2.45) is 0 Å². The lowest BCUT2D eigenvalue weighted by molar-refractivity contribution is -0.310. The lowest BCUT2D eigenvalue weighted by Gasteiger charge is -2.35. The Morgan fingerprint density at radius 1 is 0.786 bits per heavy atom. The van der Waals surface area contributed by atoms with Gasteiger partial charge in [0.1, 0.15) is 27.9 Å². The molecule has 0 aliphatic rings. The van der Waals surface area contributed by atoms with Gasteiger partial charge in [-0.3, -0.25) is 4.55 Å². The molecule has 0 unspecified atom stereocenters. The highest BCUT2D eigenvalue weighted by Gasteiger charge is 2.35. The number of hydrogen-bond acceptors (Lipinski definition) is 10. The summed E-state index contributed by atoms with van der Waals surface area (Å²) in [6.45, 7) is 10.9. The third-order valence-electron chi connectivity index (χ3n) is 6.38. The molecule has 0 bridgehead atoms. The number of hydrogen-bond donors (Lipinski definition) is 3. The molecule has 3 aromatic carbocycles. The maximum atomic E-state index is 12.4. The van der Waals surface area contributed by atoms with Crippen LogP contribution in [0.3, 0.4) is 0 Å². The van der Waals surface area contributed by atoms with Crippen LogP contribution in [0.4, 0.5) is 0 Å². The van der Waals surface area contributed by atoms with Crippen molar-refractivity contribution < 1.29 is 51.1 Å². The molecule has 11 nitrogen and oxygen atoms in total. The van der Waals surface area contributed by atoms with Crippen molar-refractivity contribution in [3.63, 3.8) is 0 Å². The van der Waals surface area contributed by atoms with Crippen molar-refractivity contribution in [1.82, 2.24) is 0 Å². The van der Waals surface area contributed by atoms with Crippen molar-refractivity contribution in [3.8, 4) is 45.3 Å². The topological polar surface area (TPSA) is 178 Å². The number of methoxy groups -OCH3 is 2. The zero-order chi connectivity index (χ0) is 31.8. The van der Waals surface area contributed by atoms with Crippen LogP contribution in [0.15, 0.2) is 47.4 Å². The van der Waals surface area contributed by atoms with E-state index in [1.807, 2.05) is 20.8 Å². The highest BCUT2D eigenvalue weighted by Crippen LogP contribution is 2.56. The Labute approximate surface area is 248 Å². The lowest BCUT2D eigenvalue weighted by atomic mass is 9.78. The van der Waals surface area contributed by atoms with E-state index in [4.69, 9.17) is 18.5 Å². The predicted octanol–water partition coefficient (Wildman–Crippen LogP) is 4.80. The van der Waals surface area contributed by atoms with Gasteiger partial charge in [-0.1, -0.05) is 68.3 Å². The molecule has 0 fully saturated rings. The molecule has 0 radical (unpaired) electrons. The quantitative estimate of drug-likeness (QED) is 0.216. The van der Waals surface area contributed by atoms with E-state index in [9.17, 15) is 32.5 Å². The molecule has 3 rings (SSSR count). The van der Waals surface area contributed by atoms with E-state index in [0.29, 0.717) is 11.3 Å². The Balaban J connectivity index is 2.69. The fourth-order valence-electron chi connectivity index (χ4n) is 4.71. The largest absolute Gasteiger partial charge is 0.810 e. The minimum atomic E-state index is -4.71. The van der Waals surface area contributed by atoms with Crippen LogP contribution in [0.25, 0.3) is 22.3 Å². The highest BCUT2D eigenvalue weighted by molar-refractivity contribution is 7.86. The second kappa shape index (κ2) is 12.6. The van der Waals surface area contributed by atoms with Gasteiger partial charge in [-0.25, -0.2) is 0 Å². The van der Waals surface area contributed by atoms with Crippen molar-refractivity contribution in [3.05, 3.63) is 53.6 Å². The first-order valence-corrected chi connectivity index (χ1v) is 16.2. The summed E-state index contributed by atoms with van der Waals surface area (Å²) in [6, 6.07) is 10.3. The minimum absolute atomic E-state index is 0.0440. The van der Waals surface area contributed by atoms with Crippen LogP contribution in [0.5, 0.6) is 23.0 Å². The van der Waals surface area contributed by atoms with Gasteiger partial charge in [0.2, 0.25) is 0 Å².